The molecule has 0 atom stereocenters. The Balaban J connectivity index is 2.31. The molecule has 0 aromatic heterocycles. The van der Waals surface area contributed by atoms with Gasteiger partial charge in [0.25, 0.3) is 5.91 Å². The van der Waals surface area contributed by atoms with Crippen LogP contribution in [0.3, 0.4) is 0 Å². The summed E-state index contributed by atoms with van der Waals surface area (Å²) in [7, 11) is 0. The average Bonchev–Trinajstić information content (AvgIpc) is 2.77. The van der Waals surface area contributed by atoms with Crippen LogP contribution in [0.1, 0.15) is 52.7 Å². The molecular weight excluding hydrogens is 268 g/mol. The van der Waals surface area contributed by atoms with Crippen LogP contribution in [-0.4, -0.2) is 16.4 Å². The van der Waals surface area contributed by atoms with E-state index < -0.39 is 5.54 Å². The summed E-state index contributed by atoms with van der Waals surface area (Å²) < 4.78 is 0. The first kappa shape index (κ1) is 15.0. The molecule has 0 bridgehead atoms. The van der Waals surface area contributed by atoms with Gasteiger partial charge in [-0.3, -0.25) is 4.79 Å². The number of nitrogens with two attached hydrogens (primary N) is 1. The normalized spacial score (nSPS) is 16.9. The number of hydrogen-bond acceptors (Lipinski definition) is 2. The average molecular weight is 290 g/mol. The summed E-state index contributed by atoms with van der Waals surface area (Å²) in [5.41, 5.74) is 9.30. The van der Waals surface area contributed by atoms with Crippen molar-refractivity contribution in [3.8, 4) is 0 Å². The number of nitrogens with one attached hydrogen (secondary N) is 1. The maximum Gasteiger partial charge on any atom is 0.252 e. The Kier molecular flexibility index (Phi) is 4.14. The standard InChI is InChI=1S/C16H22N2OS/c1-10-8-11(2)13(12(3)9-10)14(19)18-16(15(17)20)6-4-5-7-16/h8-9H,4-7H2,1-3H3,(H2,17,20)(H,18,19). The summed E-state index contributed by atoms with van der Waals surface area (Å²) in [5.74, 6) is -0.0605. The third-order valence-corrected chi connectivity index (χ3v) is 4.58. The van der Waals surface area contributed by atoms with E-state index in [0.717, 1.165) is 42.4 Å². The molecule has 0 saturated heterocycles. The van der Waals surface area contributed by atoms with E-state index in [2.05, 4.69) is 5.32 Å². The second kappa shape index (κ2) is 5.52. The zero-order valence-electron chi connectivity index (χ0n) is 12.4. The summed E-state index contributed by atoms with van der Waals surface area (Å²) >= 11 is 5.19. The quantitative estimate of drug-likeness (QED) is 0.842. The van der Waals surface area contributed by atoms with Gasteiger partial charge in [0.2, 0.25) is 0 Å². The molecule has 0 aliphatic heterocycles. The fourth-order valence-electron chi connectivity index (χ4n) is 3.23. The highest BCUT2D eigenvalue weighted by atomic mass is 32.1. The molecule has 3 N–H and O–H groups in total. The lowest BCUT2D eigenvalue weighted by Gasteiger charge is -2.29. The largest absolute Gasteiger partial charge is 0.391 e. The molecule has 3 nitrogen and oxygen atoms in total. The van der Waals surface area contributed by atoms with Crippen molar-refractivity contribution < 1.29 is 4.79 Å². The topological polar surface area (TPSA) is 55.1 Å². The lowest BCUT2D eigenvalue weighted by Crippen LogP contribution is -2.55. The van der Waals surface area contributed by atoms with Crippen LogP contribution in [0.2, 0.25) is 0 Å². The van der Waals surface area contributed by atoms with Crippen LogP contribution < -0.4 is 11.1 Å². The molecular formula is C16H22N2OS. The van der Waals surface area contributed by atoms with Gasteiger partial charge in [-0.15, -0.1) is 0 Å². The van der Waals surface area contributed by atoms with Gasteiger partial charge in [-0.2, -0.15) is 0 Å². The Hall–Kier alpha value is -1.42. The van der Waals surface area contributed by atoms with Crippen molar-refractivity contribution >= 4 is 23.1 Å². The molecule has 0 spiro atoms. The van der Waals surface area contributed by atoms with Gasteiger partial charge >= 0.3 is 0 Å². The zero-order chi connectivity index (χ0) is 14.9. The lowest BCUT2D eigenvalue weighted by atomic mass is 9.94. The number of carbonyl (C=O) groups is 1. The number of aryl methyl sites for hydroxylation is 3. The number of amides is 1. The van der Waals surface area contributed by atoms with Gasteiger partial charge in [0.1, 0.15) is 0 Å². The van der Waals surface area contributed by atoms with Crippen molar-refractivity contribution in [1.82, 2.24) is 5.32 Å². The van der Waals surface area contributed by atoms with Gasteiger partial charge in [0, 0.05) is 5.56 Å². The van der Waals surface area contributed by atoms with E-state index in [4.69, 9.17) is 18.0 Å². The zero-order valence-corrected chi connectivity index (χ0v) is 13.2. The molecule has 1 saturated carbocycles. The van der Waals surface area contributed by atoms with Crippen LogP contribution in [0.25, 0.3) is 0 Å². The van der Waals surface area contributed by atoms with Crippen molar-refractivity contribution in [3.63, 3.8) is 0 Å². The van der Waals surface area contributed by atoms with E-state index in [1.807, 2.05) is 32.9 Å². The summed E-state index contributed by atoms with van der Waals surface area (Å²) in [5, 5.41) is 3.10. The van der Waals surface area contributed by atoms with Crippen molar-refractivity contribution in [2.24, 2.45) is 5.73 Å². The first-order chi connectivity index (χ1) is 9.35. The molecule has 4 heteroatoms. The highest BCUT2D eigenvalue weighted by Crippen LogP contribution is 2.31. The van der Waals surface area contributed by atoms with Crippen LogP contribution in [0.5, 0.6) is 0 Å². The summed E-state index contributed by atoms with van der Waals surface area (Å²) in [6.07, 6.45) is 3.81. The van der Waals surface area contributed by atoms with Gasteiger partial charge in [-0.25, -0.2) is 0 Å². The van der Waals surface area contributed by atoms with Gasteiger partial charge in [0.05, 0.1) is 10.5 Å². The summed E-state index contributed by atoms with van der Waals surface area (Å²) in [4.78, 5) is 13.0. The number of thiocarbonyl (C=S) groups is 1. The Bertz CT molecular complexity index is 537. The lowest BCUT2D eigenvalue weighted by molar-refractivity contribution is 0.0923. The second-order valence-electron chi connectivity index (χ2n) is 5.88. The highest BCUT2D eigenvalue weighted by Gasteiger charge is 2.38. The van der Waals surface area contributed by atoms with E-state index >= 15 is 0 Å². The minimum absolute atomic E-state index is 0.0605. The number of hydrogen-bond donors (Lipinski definition) is 2. The Morgan fingerprint density at radius 1 is 1.20 bits per heavy atom. The third-order valence-electron chi connectivity index (χ3n) is 4.19. The number of carbonyl (C=O) groups excluding carboxylic acids is 1. The molecule has 0 unspecified atom stereocenters. The monoisotopic (exact) mass is 290 g/mol. The summed E-state index contributed by atoms with van der Waals surface area (Å²) in [6.45, 7) is 5.98. The van der Waals surface area contributed by atoms with E-state index in [1.165, 1.54) is 5.56 Å². The third kappa shape index (κ3) is 2.70. The fourth-order valence-corrected chi connectivity index (χ4v) is 3.48. The number of rotatable bonds is 3. The highest BCUT2D eigenvalue weighted by molar-refractivity contribution is 7.80. The van der Waals surface area contributed by atoms with Crippen molar-refractivity contribution in [2.45, 2.75) is 52.0 Å². The number of benzene rings is 1. The fraction of sp³-hybridized carbons (Fsp3) is 0.500. The minimum atomic E-state index is -0.490. The van der Waals surface area contributed by atoms with E-state index in [9.17, 15) is 4.79 Å². The molecule has 1 aliphatic rings. The molecule has 1 aliphatic carbocycles. The first-order valence-electron chi connectivity index (χ1n) is 7.06. The van der Waals surface area contributed by atoms with Crippen LogP contribution in [-0.2, 0) is 0 Å². The van der Waals surface area contributed by atoms with Crippen LogP contribution in [0.15, 0.2) is 12.1 Å². The molecule has 1 amide bonds. The van der Waals surface area contributed by atoms with Gasteiger partial charge in [0.15, 0.2) is 0 Å². The minimum Gasteiger partial charge on any atom is -0.391 e. The first-order valence-corrected chi connectivity index (χ1v) is 7.47. The molecule has 1 fully saturated rings. The Labute approximate surface area is 125 Å². The molecule has 1 aromatic rings. The molecule has 20 heavy (non-hydrogen) atoms. The van der Waals surface area contributed by atoms with E-state index in [0.29, 0.717) is 4.99 Å². The smallest absolute Gasteiger partial charge is 0.252 e. The summed E-state index contributed by atoms with van der Waals surface area (Å²) in [6, 6.07) is 4.06. The van der Waals surface area contributed by atoms with Crippen LogP contribution >= 0.6 is 12.2 Å². The predicted octanol–water partition coefficient (Wildman–Crippen LogP) is 2.94. The van der Waals surface area contributed by atoms with Gasteiger partial charge in [-0.1, -0.05) is 42.8 Å². The molecule has 2 rings (SSSR count). The van der Waals surface area contributed by atoms with Crippen molar-refractivity contribution in [1.29, 1.82) is 0 Å². The van der Waals surface area contributed by atoms with Crippen molar-refractivity contribution in [2.75, 3.05) is 0 Å². The maximum absolute atomic E-state index is 12.6. The van der Waals surface area contributed by atoms with Gasteiger partial charge < -0.3 is 11.1 Å². The molecule has 108 valence electrons. The second-order valence-corrected chi connectivity index (χ2v) is 6.32. The molecule has 0 radical (unpaired) electrons. The van der Waals surface area contributed by atoms with Crippen molar-refractivity contribution in [3.05, 3.63) is 34.4 Å². The molecule has 0 heterocycles. The SMILES string of the molecule is Cc1cc(C)c(C(=O)NC2(C(N)=S)CCCC2)c(C)c1. The Morgan fingerprint density at radius 2 is 1.70 bits per heavy atom. The van der Waals surface area contributed by atoms with Gasteiger partial charge in [-0.05, 0) is 44.7 Å². The van der Waals surface area contributed by atoms with E-state index in [-0.39, 0.29) is 5.91 Å². The van der Waals surface area contributed by atoms with E-state index in [1.54, 1.807) is 0 Å². The predicted molar refractivity (Wildman–Crippen MR) is 86.1 cm³/mol. The maximum atomic E-state index is 12.6. The van der Waals surface area contributed by atoms with Crippen LogP contribution in [0.4, 0.5) is 0 Å². The van der Waals surface area contributed by atoms with Crippen LogP contribution in [0, 0.1) is 20.8 Å². The molecule has 1 aromatic carbocycles. The Morgan fingerprint density at radius 3 is 2.15 bits per heavy atom.